The van der Waals surface area contributed by atoms with E-state index in [1.54, 1.807) is 18.3 Å². The number of carbonyl (C=O) groups is 1. The fraction of sp³-hybridized carbons (Fsp3) is 0.200. The minimum atomic E-state index is -0.315. The summed E-state index contributed by atoms with van der Waals surface area (Å²) in [4.78, 5) is 12.5. The van der Waals surface area contributed by atoms with E-state index in [1.165, 1.54) is 7.11 Å². The summed E-state index contributed by atoms with van der Waals surface area (Å²) in [6, 6.07) is 9.36. The van der Waals surface area contributed by atoms with E-state index in [4.69, 9.17) is 9.47 Å². The standard InChI is InChI=1S/C20H16N2O4/c1-25-15-5-4-11(7-14(15)23)16-17-10(2-3-12-8-21-22-19(12)17)6-13-9-26-20(24)18(13)16/h2-5,7-8,16,23H,6,9H2,1H3,(H,21,22). The molecule has 0 fully saturated rings. The topological polar surface area (TPSA) is 84.4 Å². The number of carbonyl (C=O) groups excluding carboxylic acids is 1. The molecule has 1 aliphatic heterocycles. The molecule has 26 heavy (non-hydrogen) atoms. The predicted octanol–water partition coefficient (Wildman–Crippen LogP) is 2.82. The number of methoxy groups -OCH3 is 1. The molecule has 0 amide bonds. The van der Waals surface area contributed by atoms with Gasteiger partial charge in [0.25, 0.3) is 0 Å². The number of fused-ring (bicyclic) bond motifs is 3. The maximum Gasteiger partial charge on any atom is 0.335 e. The SMILES string of the molecule is COc1ccc(C2C3=C(COC3=O)Cc3ccc4cn[nH]c4c32)cc1O. The van der Waals surface area contributed by atoms with Gasteiger partial charge in [-0.2, -0.15) is 5.10 Å². The third-order valence-electron chi connectivity index (χ3n) is 5.24. The van der Waals surface area contributed by atoms with E-state index in [-0.39, 0.29) is 17.6 Å². The van der Waals surface area contributed by atoms with Crippen LogP contribution in [0.25, 0.3) is 10.9 Å². The largest absolute Gasteiger partial charge is 0.504 e. The van der Waals surface area contributed by atoms with Crippen LogP contribution in [0.4, 0.5) is 0 Å². The van der Waals surface area contributed by atoms with E-state index in [9.17, 15) is 9.90 Å². The molecule has 1 unspecified atom stereocenters. The Balaban J connectivity index is 1.80. The Morgan fingerprint density at radius 1 is 1.31 bits per heavy atom. The van der Waals surface area contributed by atoms with Crippen molar-refractivity contribution in [1.29, 1.82) is 0 Å². The molecule has 0 spiro atoms. The van der Waals surface area contributed by atoms with Gasteiger partial charge in [0.05, 0.1) is 24.4 Å². The number of phenolic OH excluding ortho intramolecular Hbond substituents is 1. The van der Waals surface area contributed by atoms with Gasteiger partial charge in [0, 0.05) is 11.3 Å². The molecule has 6 nitrogen and oxygen atoms in total. The molecular weight excluding hydrogens is 332 g/mol. The molecule has 1 aromatic heterocycles. The van der Waals surface area contributed by atoms with Crippen LogP contribution in [0, 0.1) is 0 Å². The lowest BCUT2D eigenvalue weighted by Crippen LogP contribution is -2.18. The molecule has 1 aliphatic carbocycles. The molecule has 0 radical (unpaired) electrons. The molecule has 1 atom stereocenters. The first-order valence-electron chi connectivity index (χ1n) is 8.38. The van der Waals surface area contributed by atoms with Gasteiger partial charge in [-0.05, 0) is 40.8 Å². The van der Waals surface area contributed by atoms with Gasteiger partial charge in [0.15, 0.2) is 11.5 Å². The second kappa shape index (κ2) is 5.36. The number of esters is 1. The fourth-order valence-corrected chi connectivity index (χ4v) is 4.08. The molecular formula is C20H16N2O4. The van der Waals surface area contributed by atoms with Gasteiger partial charge in [0.2, 0.25) is 0 Å². The van der Waals surface area contributed by atoms with Crippen molar-refractivity contribution in [1.82, 2.24) is 10.2 Å². The van der Waals surface area contributed by atoms with Gasteiger partial charge in [-0.25, -0.2) is 4.79 Å². The van der Waals surface area contributed by atoms with Gasteiger partial charge in [-0.3, -0.25) is 5.10 Å². The Hall–Kier alpha value is -3.28. The summed E-state index contributed by atoms with van der Waals surface area (Å²) in [7, 11) is 1.51. The third-order valence-corrected chi connectivity index (χ3v) is 5.24. The molecule has 0 saturated carbocycles. The van der Waals surface area contributed by atoms with E-state index in [1.807, 2.05) is 12.1 Å². The number of H-pyrrole nitrogens is 1. The van der Waals surface area contributed by atoms with E-state index in [0.29, 0.717) is 24.4 Å². The molecule has 2 N–H and O–H groups in total. The van der Waals surface area contributed by atoms with Gasteiger partial charge in [-0.15, -0.1) is 0 Å². The summed E-state index contributed by atoms with van der Waals surface area (Å²) in [6.07, 6.45) is 2.46. The van der Waals surface area contributed by atoms with Crippen molar-refractivity contribution in [2.24, 2.45) is 0 Å². The van der Waals surface area contributed by atoms with Crippen LogP contribution in [0.5, 0.6) is 11.5 Å². The number of rotatable bonds is 2. The summed E-state index contributed by atoms with van der Waals surface area (Å²) in [5.74, 6) is -0.165. The van der Waals surface area contributed by atoms with Crippen LogP contribution in [0.2, 0.25) is 0 Å². The van der Waals surface area contributed by atoms with Gasteiger partial charge >= 0.3 is 5.97 Å². The van der Waals surface area contributed by atoms with E-state index in [2.05, 4.69) is 16.3 Å². The number of aromatic nitrogens is 2. The fourth-order valence-electron chi connectivity index (χ4n) is 4.08. The van der Waals surface area contributed by atoms with Crippen LogP contribution >= 0.6 is 0 Å². The number of benzene rings is 2. The first-order chi connectivity index (χ1) is 12.7. The zero-order valence-corrected chi connectivity index (χ0v) is 14.1. The maximum atomic E-state index is 12.5. The van der Waals surface area contributed by atoms with Gasteiger partial charge < -0.3 is 14.6 Å². The number of aromatic hydroxyl groups is 1. The highest BCUT2D eigenvalue weighted by atomic mass is 16.5. The van der Waals surface area contributed by atoms with Crippen molar-refractivity contribution in [2.45, 2.75) is 12.3 Å². The number of hydrogen-bond acceptors (Lipinski definition) is 5. The molecule has 2 aliphatic rings. The molecule has 3 aromatic rings. The quantitative estimate of drug-likeness (QED) is 0.696. The maximum absolute atomic E-state index is 12.5. The van der Waals surface area contributed by atoms with Crippen LogP contribution in [0.15, 0.2) is 47.7 Å². The molecule has 130 valence electrons. The zero-order chi connectivity index (χ0) is 17.8. The number of nitrogens with one attached hydrogen (secondary N) is 1. The smallest absolute Gasteiger partial charge is 0.335 e. The average molecular weight is 348 g/mol. The molecule has 0 saturated heterocycles. The van der Waals surface area contributed by atoms with Crippen LogP contribution in [-0.2, 0) is 16.0 Å². The summed E-state index contributed by atoms with van der Waals surface area (Å²) < 4.78 is 10.5. The zero-order valence-electron chi connectivity index (χ0n) is 14.1. The summed E-state index contributed by atoms with van der Waals surface area (Å²) in [6.45, 7) is 0.327. The first kappa shape index (κ1) is 15.0. The van der Waals surface area contributed by atoms with Gasteiger partial charge in [0.1, 0.15) is 6.61 Å². The molecule has 2 heterocycles. The highest BCUT2D eigenvalue weighted by Gasteiger charge is 2.39. The van der Waals surface area contributed by atoms with Crippen molar-refractivity contribution in [3.8, 4) is 11.5 Å². The Labute approximate surface area is 149 Å². The van der Waals surface area contributed by atoms with Crippen molar-refractivity contribution < 1.29 is 19.4 Å². The summed E-state index contributed by atoms with van der Waals surface area (Å²) in [5, 5.41) is 18.5. The van der Waals surface area contributed by atoms with E-state index in [0.717, 1.165) is 33.2 Å². The first-order valence-corrected chi connectivity index (χ1v) is 8.38. The lowest BCUT2D eigenvalue weighted by atomic mass is 9.74. The number of ether oxygens (including phenoxy) is 2. The third kappa shape index (κ3) is 1.98. The monoisotopic (exact) mass is 348 g/mol. The normalized spacial score (nSPS) is 18.7. The molecule has 0 bridgehead atoms. The lowest BCUT2D eigenvalue weighted by Gasteiger charge is -2.27. The Morgan fingerprint density at radius 2 is 2.19 bits per heavy atom. The van der Waals surface area contributed by atoms with E-state index >= 15 is 0 Å². The second-order valence-electron chi connectivity index (χ2n) is 6.61. The lowest BCUT2D eigenvalue weighted by molar-refractivity contribution is -0.136. The van der Waals surface area contributed by atoms with Crippen LogP contribution in [0.1, 0.15) is 22.6 Å². The minimum Gasteiger partial charge on any atom is -0.504 e. The molecule has 5 rings (SSSR count). The Morgan fingerprint density at radius 3 is 3.00 bits per heavy atom. The van der Waals surface area contributed by atoms with Crippen LogP contribution in [0.3, 0.4) is 0 Å². The van der Waals surface area contributed by atoms with Gasteiger partial charge in [-0.1, -0.05) is 18.2 Å². The van der Waals surface area contributed by atoms with Crippen molar-refractivity contribution in [2.75, 3.05) is 13.7 Å². The predicted molar refractivity (Wildman–Crippen MR) is 94.3 cm³/mol. The number of nitrogens with zero attached hydrogens (tertiary/aromatic N) is 1. The van der Waals surface area contributed by atoms with Crippen LogP contribution < -0.4 is 4.74 Å². The second-order valence-corrected chi connectivity index (χ2v) is 6.61. The van der Waals surface area contributed by atoms with Crippen molar-refractivity contribution in [3.05, 3.63) is 64.4 Å². The summed E-state index contributed by atoms with van der Waals surface area (Å²) >= 11 is 0. The Kier molecular flexibility index (Phi) is 3.09. The van der Waals surface area contributed by atoms with E-state index < -0.39 is 0 Å². The minimum absolute atomic E-state index is 0.0439. The number of aromatic amines is 1. The number of hydrogen-bond donors (Lipinski definition) is 2. The average Bonchev–Trinajstić information content (AvgIpc) is 3.26. The Bertz CT molecular complexity index is 1100. The molecule has 6 heteroatoms. The van der Waals surface area contributed by atoms with Crippen molar-refractivity contribution in [3.63, 3.8) is 0 Å². The highest BCUT2D eigenvalue weighted by Crippen LogP contribution is 2.47. The number of phenols is 1. The van der Waals surface area contributed by atoms with Crippen LogP contribution in [-0.4, -0.2) is 35.0 Å². The molecule has 2 aromatic carbocycles. The van der Waals surface area contributed by atoms with Crippen molar-refractivity contribution >= 4 is 16.9 Å². The highest BCUT2D eigenvalue weighted by molar-refractivity contribution is 5.97. The summed E-state index contributed by atoms with van der Waals surface area (Å²) in [5.41, 5.74) is 5.55. The number of cyclic esters (lactones) is 1.